The van der Waals surface area contributed by atoms with Gasteiger partial charge in [-0.2, -0.15) is 5.10 Å². The van der Waals surface area contributed by atoms with Crippen molar-refractivity contribution in [1.29, 1.82) is 0 Å². The van der Waals surface area contributed by atoms with E-state index in [4.69, 9.17) is 27.9 Å². The maximum atomic E-state index is 11.9. The molecule has 1 aromatic heterocycles. The van der Waals surface area contributed by atoms with E-state index in [2.05, 4.69) is 10.1 Å². The van der Waals surface area contributed by atoms with Crippen molar-refractivity contribution in [2.75, 3.05) is 6.26 Å². The van der Waals surface area contributed by atoms with Crippen LogP contribution in [0, 0.1) is 0 Å². The largest absolute Gasteiger partial charge is 0.484 e. The number of halogens is 2. The second-order valence-electron chi connectivity index (χ2n) is 7.43. The summed E-state index contributed by atoms with van der Waals surface area (Å²) in [5, 5.41) is 16.7. The van der Waals surface area contributed by atoms with Gasteiger partial charge >= 0.3 is 0 Å². The number of sulfone groups is 1. The average Bonchev–Trinajstić information content (AvgIpc) is 3.13. The Morgan fingerprint density at radius 1 is 1.13 bits per heavy atom. The van der Waals surface area contributed by atoms with Gasteiger partial charge in [0.25, 0.3) is 0 Å². The Balaban J connectivity index is 2.03. The molecule has 7 nitrogen and oxygen atoms in total. The molecule has 1 atom stereocenters. The van der Waals surface area contributed by atoms with Crippen molar-refractivity contribution < 1.29 is 18.3 Å². The second-order valence-corrected chi connectivity index (χ2v) is 10.3. The Labute approximate surface area is 185 Å². The first-order chi connectivity index (χ1) is 13.9. The molecule has 0 saturated heterocycles. The molecule has 3 rings (SSSR count). The van der Waals surface area contributed by atoms with Gasteiger partial charge in [-0.15, -0.1) is 0 Å². The highest BCUT2D eigenvalue weighted by Crippen LogP contribution is 2.41. The van der Waals surface area contributed by atoms with Crippen LogP contribution in [0.5, 0.6) is 5.75 Å². The van der Waals surface area contributed by atoms with Crippen LogP contribution in [-0.2, 0) is 22.0 Å². The Hall–Kier alpha value is -2.13. The summed E-state index contributed by atoms with van der Waals surface area (Å²) >= 11 is 12.5. The molecule has 2 aromatic carbocycles. The fraction of sp³-hybridized carbons (Fsp3) is 0.300. The van der Waals surface area contributed by atoms with Gasteiger partial charge in [0, 0.05) is 21.9 Å². The standard InChI is InChI=1S/C20H21Cl2N3O4S/c1-19(2,29-15-5-7-16(8-6-15)30(3,27)28)20(26,11-25-13-23-12-24-25)17-9-4-14(21)10-18(17)22/h4-10,12-13,26H,11H2,1-3H3. The van der Waals surface area contributed by atoms with Gasteiger partial charge < -0.3 is 9.84 Å². The minimum absolute atomic E-state index is 0.00275. The molecule has 3 aromatic rings. The number of aromatic nitrogens is 3. The quantitative estimate of drug-likeness (QED) is 0.566. The van der Waals surface area contributed by atoms with Gasteiger partial charge in [-0.3, -0.25) is 0 Å². The van der Waals surface area contributed by atoms with Crippen molar-refractivity contribution in [2.45, 2.75) is 36.5 Å². The van der Waals surface area contributed by atoms with Crippen LogP contribution in [0.4, 0.5) is 0 Å². The zero-order valence-corrected chi connectivity index (χ0v) is 18.9. The van der Waals surface area contributed by atoms with Crippen molar-refractivity contribution in [2.24, 2.45) is 0 Å². The van der Waals surface area contributed by atoms with E-state index in [1.165, 1.54) is 41.6 Å². The molecule has 0 saturated carbocycles. The summed E-state index contributed by atoms with van der Waals surface area (Å²) in [4.78, 5) is 4.10. The number of benzene rings is 2. The van der Waals surface area contributed by atoms with Gasteiger partial charge in [0.1, 0.15) is 29.6 Å². The molecule has 1 unspecified atom stereocenters. The fourth-order valence-electron chi connectivity index (χ4n) is 3.11. The lowest BCUT2D eigenvalue weighted by molar-refractivity contribution is -0.133. The Kier molecular flexibility index (Phi) is 6.15. The molecule has 0 amide bonds. The predicted octanol–water partition coefficient (Wildman–Crippen LogP) is 3.73. The van der Waals surface area contributed by atoms with E-state index in [1.807, 2.05) is 0 Å². The average molecular weight is 470 g/mol. The van der Waals surface area contributed by atoms with E-state index >= 15 is 0 Å². The first-order valence-electron chi connectivity index (χ1n) is 8.92. The highest BCUT2D eigenvalue weighted by Gasteiger charge is 2.49. The summed E-state index contributed by atoms with van der Waals surface area (Å²) in [6.45, 7) is 3.42. The van der Waals surface area contributed by atoms with Crippen molar-refractivity contribution in [3.8, 4) is 5.75 Å². The summed E-state index contributed by atoms with van der Waals surface area (Å²) < 4.78 is 31.0. The van der Waals surface area contributed by atoms with Gasteiger partial charge in [0.2, 0.25) is 0 Å². The van der Waals surface area contributed by atoms with E-state index in [9.17, 15) is 13.5 Å². The molecule has 0 bridgehead atoms. The third kappa shape index (κ3) is 4.62. The number of nitrogens with zero attached hydrogens (tertiary/aromatic N) is 3. The molecule has 0 aliphatic rings. The van der Waals surface area contributed by atoms with Crippen LogP contribution in [-0.4, -0.2) is 40.1 Å². The van der Waals surface area contributed by atoms with Crippen LogP contribution in [0.2, 0.25) is 10.0 Å². The Morgan fingerprint density at radius 2 is 1.80 bits per heavy atom. The van der Waals surface area contributed by atoms with Gasteiger partial charge in [-0.05, 0) is 50.2 Å². The predicted molar refractivity (Wildman–Crippen MR) is 115 cm³/mol. The maximum Gasteiger partial charge on any atom is 0.175 e. The molecule has 0 aliphatic carbocycles. The van der Waals surface area contributed by atoms with Gasteiger partial charge in [-0.25, -0.2) is 18.1 Å². The summed E-state index contributed by atoms with van der Waals surface area (Å²) in [6.07, 6.45) is 3.97. The lowest BCUT2D eigenvalue weighted by Crippen LogP contribution is -2.54. The molecular formula is C20H21Cl2N3O4S. The lowest BCUT2D eigenvalue weighted by Gasteiger charge is -2.43. The fourth-order valence-corrected chi connectivity index (χ4v) is 4.30. The molecule has 10 heteroatoms. The number of aliphatic hydroxyl groups is 1. The first-order valence-corrected chi connectivity index (χ1v) is 11.6. The summed E-state index contributed by atoms with van der Waals surface area (Å²) in [5.74, 6) is 0.384. The SMILES string of the molecule is CC(C)(Oc1ccc(S(C)(=O)=O)cc1)C(O)(Cn1cncn1)c1ccc(Cl)cc1Cl. The van der Waals surface area contributed by atoms with Crippen molar-refractivity contribution in [3.63, 3.8) is 0 Å². The van der Waals surface area contributed by atoms with E-state index in [-0.39, 0.29) is 16.5 Å². The Bertz CT molecular complexity index is 1130. The monoisotopic (exact) mass is 469 g/mol. The summed E-state index contributed by atoms with van der Waals surface area (Å²) in [6, 6.07) is 10.8. The van der Waals surface area contributed by atoms with E-state index < -0.39 is 21.0 Å². The molecule has 1 N–H and O–H groups in total. The van der Waals surface area contributed by atoms with E-state index in [0.717, 1.165) is 6.26 Å². The van der Waals surface area contributed by atoms with Crippen LogP contribution >= 0.6 is 23.2 Å². The summed E-state index contributed by atoms with van der Waals surface area (Å²) in [5.41, 5.74) is -2.46. The zero-order valence-electron chi connectivity index (χ0n) is 16.6. The van der Waals surface area contributed by atoms with Crippen LogP contribution in [0.1, 0.15) is 19.4 Å². The summed E-state index contributed by atoms with van der Waals surface area (Å²) in [7, 11) is -3.33. The number of ether oxygens (including phenoxy) is 1. The third-order valence-electron chi connectivity index (χ3n) is 4.85. The van der Waals surface area contributed by atoms with Crippen LogP contribution in [0.15, 0.2) is 60.0 Å². The number of hydrogen-bond donors (Lipinski definition) is 1. The minimum Gasteiger partial charge on any atom is -0.484 e. The van der Waals surface area contributed by atoms with Crippen molar-refractivity contribution >= 4 is 33.0 Å². The van der Waals surface area contributed by atoms with Crippen molar-refractivity contribution in [1.82, 2.24) is 14.8 Å². The van der Waals surface area contributed by atoms with Crippen LogP contribution in [0.25, 0.3) is 0 Å². The maximum absolute atomic E-state index is 11.9. The zero-order chi connectivity index (χ0) is 22.2. The minimum atomic E-state index is -3.33. The second kappa shape index (κ2) is 8.19. The third-order valence-corrected chi connectivity index (χ3v) is 6.53. The smallest absolute Gasteiger partial charge is 0.175 e. The molecule has 160 valence electrons. The Morgan fingerprint density at radius 3 is 2.33 bits per heavy atom. The highest BCUT2D eigenvalue weighted by molar-refractivity contribution is 7.90. The van der Waals surface area contributed by atoms with Crippen molar-refractivity contribution in [3.05, 3.63) is 70.7 Å². The van der Waals surface area contributed by atoms with Gasteiger partial charge in [0.05, 0.1) is 11.4 Å². The molecule has 30 heavy (non-hydrogen) atoms. The molecule has 1 heterocycles. The molecule has 0 radical (unpaired) electrons. The van der Waals surface area contributed by atoms with Gasteiger partial charge in [0.15, 0.2) is 9.84 Å². The molecular weight excluding hydrogens is 449 g/mol. The van der Waals surface area contributed by atoms with Gasteiger partial charge in [-0.1, -0.05) is 29.3 Å². The van der Waals surface area contributed by atoms with E-state index in [1.54, 1.807) is 32.0 Å². The van der Waals surface area contributed by atoms with Crippen LogP contribution < -0.4 is 4.74 Å². The lowest BCUT2D eigenvalue weighted by atomic mass is 9.79. The van der Waals surface area contributed by atoms with Crippen LogP contribution in [0.3, 0.4) is 0 Å². The normalized spacial score (nSPS) is 14.3. The molecule has 0 fully saturated rings. The first kappa shape index (κ1) is 22.6. The molecule has 0 aliphatic heterocycles. The highest BCUT2D eigenvalue weighted by atomic mass is 35.5. The van der Waals surface area contributed by atoms with E-state index in [0.29, 0.717) is 16.3 Å². The number of rotatable bonds is 7. The topological polar surface area (TPSA) is 94.3 Å². The molecule has 0 spiro atoms. The number of hydrogen-bond acceptors (Lipinski definition) is 6.